The maximum Gasteiger partial charge on any atom is 0.159 e. The highest BCUT2D eigenvalue weighted by atomic mass is 16.3. The SMILES string of the molecule is Cn1c(-c2ccccc2)cc2cc(O)c(O)cc21. The third kappa shape index (κ3) is 1.52. The Kier molecular flexibility index (Phi) is 2.27. The average Bonchev–Trinajstić information content (AvgIpc) is 2.69. The van der Waals surface area contributed by atoms with Gasteiger partial charge in [0, 0.05) is 24.2 Å². The van der Waals surface area contributed by atoms with Crippen LogP contribution < -0.4 is 0 Å². The fourth-order valence-electron chi connectivity index (χ4n) is 2.25. The van der Waals surface area contributed by atoms with Crippen LogP contribution in [0.25, 0.3) is 22.2 Å². The molecule has 3 rings (SSSR count). The second-order valence-corrected chi connectivity index (χ2v) is 4.35. The third-order valence-corrected chi connectivity index (χ3v) is 3.21. The van der Waals surface area contributed by atoms with Crippen LogP contribution in [0.2, 0.25) is 0 Å². The maximum absolute atomic E-state index is 9.56. The number of phenols is 2. The lowest BCUT2D eigenvalue weighted by atomic mass is 10.1. The van der Waals surface area contributed by atoms with E-state index in [1.165, 1.54) is 0 Å². The first-order chi connectivity index (χ1) is 8.66. The summed E-state index contributed by atoms with van der Waals surface area (Å²) < 4.78 is 2.00. The number of fused-ring (bicyclic) bond motifs is 1. The van der Waals surface area contributed by atoms with Crippen molar-refractivity contribution in [2.75, 3.05) is 0 Å². The molecule has 2 aromatic carbocycles. The summed E-state index contributed by atoms with van der Waals surface area (Å²) in [6.45, 7) is 0. The van der Waals surface area contributed by atoms with Crippen LogP contribution in [-0.4, -0.2) is 14.8 Å². The minimum Gasteiger partial charge on any atom is -0.504 e. The van der Waals surface area contributed by atoms with Crippen molar-refractivity contribution < 1.29 is 10.2 Å². The normalized spacial score (nSPS) is 10.9. The fourth-order valence-corrected chi connectivity index (χ4v) is 2.25. The highest BCUT2D eigenvalue weighted by Gasteiger charge is 2.10. The zero-order valence-electron chi connectivity index (χ0n) is 9.96. The summed E-state index contributed by atoms with van der Waals surface area (Å²) in [5.41, 5.74) is 3.05. The van der Waals surface area contributed by atoms with Crippen molar-refractivity contribution in [3.63, 3.8) is 0 Å². The molecule has 0 unspecified atom stereocenters. The summed E-state index contributed by atoms with van der Waals surface area (Å²) in [7, 11) is 1.95. The fraction of sp³-hybridized carbons (Fsp3) is 0.0667. The predicted molar refractivity (Wildman–Crippen MR) is 71.7 cm³/mol. The van der Waals surface area contributed by atoms with Crippen molar-refractivity contribution in [2.45, 2.75) is 0 Å². The van der Waals surface area contributed by atoms with E-state index in [0.717, 1.165) is 22.2 Å². The highest BCUT2D eigenvalue weighted by molar-refractivity contribution is 5.89. The minimum atomic E-state index is -0.0942. The Morgan fingerprint density at radius 1 is 0.889 bits per heavy atom. The molecule has 0 amide bonds. The third-order valence-electron chi connectivity index (χ3n) is 3.21. The summed E-state index contributed by atoms with van der Waals surface area (Å²) in [6, 6.07) is 15.2. The highest BCUT2D eigenvalue weighted by Crippen LogP contribution is 2.34. The second kappa shape index (κ2) is 3.81. The number of aromatic nitrogens is 1. The average molecular weight is 239 g/mol. The van der Waals surface area contributed by atoms with Crippen LogP contribution in [0, 0.1) is 0 Å². The molecule has 2 N–H and O–H groups in total. The molecule has 0 aliphatic carbocycles. The van der Waals surface area contributed by atoms with Gasteiger partial charge in [-0.3, -0.25) is 0 Å². The Balaban J connectivity index is 2.30. The Hall–Kier alpha value is -2.42. The van der Waals surface area contributed by atoms with Crippen molar-refractivity contribution in [3.8, 4) is 22.8 Å². The van der Waals surface area contributed by atoms with Crippen LogP contribution in [0.1, 0.15) is 0 Å². The first-order valence-electron chi connectivity index (χ1n) is 5.73. The molecule has 1 heterocycles. The number of aryl methyl sites for hydroxylation is 1. The molecule has 0 fully saturated rings. The lowest BCUT2D eigenvalue weighted by Crippen LogP contribution is -1.90. The van der Waals surface area contributed by atoms with Crippen LogP contribution in [0.4, 0.5) is 0 Å². The van der Waals surface area contributed by atoms with Gasteiger partial charge < -0.3 is 14.8 Å². The molecule has 0 saturated carbocycles. The smallest absolute Gasteiger partial charge is 0.159 e. The Labute approximate surface area is 105 Å². The number of hydrogen-bond donors (Lipinski definition) is 2. The molecule has 0 aliphatic heterocycles. The van der Waals surface area contributed by atoms with Gasteiger partial charge in [-0.05, 0) is 17.7 Å². The van der Waals surface area contributed by atoms with E-state index in [9.17, 15) is 10.2 Å². The van der Waals surface area contributed by atoms with Crippen molar-refractivity contribution in [3.05, 3.63) is 48.5 Å². The van der Waals surface area contributed by atoms with Gasteiger partial charge in [-0.2, -0.15) is 0 Å². The van der Waals surface area contributed by atoms with Crippen LogP contribution in [0.5, 0.6) is 11.5 Å². The summed E-state index contributed by atoms with van der Waals surface area (Å²) in [5.74, 6) is -0.184. The molecule has 0 bridgehead atoms. The summed E-state index contributed by atoms with van der Waals surface area (Å²) >= 11 is 0. The van der Waals surface area contributed by atoms with E-state index >= 15 is 0 Å². The van der Waals surface area contributed by atoms with Gasteiger partial charge >= 0.3 is 0 Å². The van der Waals surface area contributed by atoms with E-state index < -0.39 is 0 Å². The molecule has 0 spiro atoms. The van der Waals surface area contributed by atoms with E-state index in [1.54, 1.807) is 12.1 Å². The molecule has 3 nitrogen and oxygen atoms in total. The van der Waals surface area contributed by atoms with E-state index in [1.807, 2.05) is 48.0 Å². The van der Waals surface area contributed by atoms with Crippen molar-refractivity contribution in [1.82, 2.24) is 4.57 Å². The number of hydrogen-bond acceptors (Lipinski definition) is 2. The van der Waals surface area contributed by atoms with E-state index in [0.29, 0.717) is 0 Å². The van der Waals surface area contributed by atoms with Gasteiger partial charge in [0.15, 0.2) is 11.5 Å². The summed E-state index contributed by atoms with van der Waals surface area (Å²) in [5, 5.41) is 20.0. The molecule has 0 atom stereocenters. The van der Waals surface area contributed by atoms with Crippen molar-refractivity contribution >= 4 is 10.9 Å². The van der Waals surface area contributed by atoms with Crippen LogP contribution in [-0.2, 0) is 7.05 Å². The quantitative estimate of drug-likeness (QED) is 0.640. The molecular formula is C15H13NO2. The molecular weight excluding hydrogens is 226 g/mol. The number of aromatic hydroxyl groups is 2. The maximum atomic E-state index is 9.56. The summed E-state index contributed by atoms with van der Waals surface area (Å²) in [6.07, 6.45) is 0. The van der Waals surface area contributed by atoms with Gasteiger partial charge in [-0.1, -0.05) is 30.3 Å². The van der Waals surface area contributed by atoms with Gasteiger partial charge in [-0.15, -0.1) is 0 Å². The van der Waals surface area contributed by atoms with E-state index in [4.69, 9.17) is 0 Å². The van der Waals surface area contributed by atoms with Crippen LogP contribution in [0.15, 0.2) is 48.5 Å². The molecule has 0 radical (unpaired) electrons. The lowest BCUT2D eigenvalue weighted by molar-refractivity contribution is 0.404. The topological polar surface area (TPSA) is 45.4 Å². The molecule has 90 valence electrons. The first kappa shape index (κ1) is 10.7. The number of nitrogens with zero attached hydrogens (tertiary/aromatic N) is 1. The lowest BCUT2D eigenvalue weighted by Gasteiger charge is -2.04. The summed E-state index contributed by atoms with van der Waals surface area (Å²) in [4.78, 5) is 0. The standard InChI is InChI=1S/C15H13NO2/c1-16-12(10-5-3-2-4-6-10)7-11-8-14(17)15(18)9-13(11)16/h2-9,17-18H,1H3. The van der Waals surface area contributed by atoms with E-state index in [2.05, 4.69) is 0 Å². The Morgan fingerprint density at radius 3 is 2.28 bits per heavy atom. The first-order valence-corrected chi connectivity index (χ1v) is 5.73. The number of rotatable bonds is 1. The molecule has 3 heteroatoms. The largest absolute Gasteiger partial charge is 0.504 e. The van der Waals surface area contributed by atoms with Gasteiger partial charge in [0.25, 0.3) is 0 Å². The van der Waals surface area contributed by atoms with Gasteiger partial charge in [0.1, 0.15) is 0 Å². The molecule has 3 aromatic rings. The number of benzene rings is 2. The predicted octanol–water partition coefficient (Wildman–Crippen LogP) is 3.26. The monoisotopic (exact) mass is 239 g/mol. The Bertz CT molecular complexity index is 714. The molecule has 0 aliphatic rings. The zero-order chi connectivity index (χ0) is 12.7. The van der Waals surface area contributed by atoms with E-state index in [-0.39, 0.29) is 11.5 Å². The number of phenolic OH excluding ortho intramolecular Hbond substituents is 2. The van der Waals surface area contributed by atoms with Crippen molar-refractivity contribution in [2.24, 2.45) is 7.05 Å². The molecule has 0 saturated heterocycles. The van der Waals surface area contributed by atoms with Crippen molar-refractivity contribution in [1.29, 1.82) is 0 Å². The molecule has 1 aromatic heterocycles. The van der Waals surface area contributed by atoms with Gasteiger partial charge in [0.05, 0.1) is 5.52 Å². The second-order valence-electron chi connectivity index (χ2n) is 4.35. The zero-order valence-corrected chi connectivity index (χ0v) is 9.96. The Morgan fingerprint density at radius 2 is 1.56 bits per heavy atom. The van der Waals surface area contributed by atoms with Gasteiger partial charge in [0.2, 0.25) is 0 Å². The van der Waals surface area contributed by atoms with Gasteiger partial charge in [-0.25, -0.2) is 0 Å². The van der Waals surface area contributed by atoms with Crippen LogP contribution in [0.3, 0.4) is 0 Å². The minimum absolute atomic E-state index is 0.0901. The van der Waals surface area contributed by atoms with Crippen LogP contribution >= 0.6 is 0 Å². The molecule has 18 heavy (non-hydrogen) atoms.